The van der Waals surface area contributed by atoms with E-state index in [-0.39, 0.29) is 17.9 Å². The van der Waals surface area contributed by atoms with E-state index in [2.05, 4.69) is 0 Å². The van der Waals surface area contributed by atoms with E-state index in [4.69, 9.17) is 4.74 Å². The number of phenolic OH excluding ortho intramolecular Hbond substituents is 1. The number of ether oxygens (including phenoxy) is 1. The van der Waals surface area contributed by atoms with E-state index in [1.165, 1.54) is 13.8 Å². The van der Waals surface area contributed by atoms with Crippen LogP contribution < -0.4 is 4.74 Å². The predicted octanol–water partition coefficient (Wildman–Crippen LogP) is 1.33. The lowest BCUT2D eigenvalue weighted by Gasteiger charge is -2.25. The van der Waals surface area contributed by atoms with Crippen LogP contribution in [0.1, 0.15) is 35.3 Å². The Labute approximate surface area is 112 Å². The molecule has 0 saturated carbocycles. The van der Waals surface area contributed by atoms with E-state index >= 15 is 0 Å². The van der Waals surface area contributed by atoms with Crippen LogP contribution in [0.4, 0.5) is 0 Å². The molecule has 0 spiro atoms. The van der Waals surface area contributed by atoms with Gasteiger partial charge in [-0.3, -0.25) is 4.79 Å². The molecule has 1 rings (SSSR count). The molecule has 1 unspecified atom stereocenters. The van der Waals surface area contributed by atoms with Gasteiger partial charge in [0.1, 0.15) is 24.2 Å². The van der Waals surface area contributed by atoms with Gasteiger partial charge < -0.3 is 20.1 Å². The molecule has 1 aromatic rings. The van der Waals surface area contributed by atoms with Crippen molar-refractivity contribution in [1.82, 2.24) is 0 Å². The maximum absolute atomic E-state index is 10.8. The highest BCUT2D eigenvalue weighted by molar-refractivity contribution is 5.83. The zero-order valence-electron chi connectivity index (χ0n) is 11.6. The smallest absolute Gasteiger partial charge is 0.154 e. The first-order valence-corrected chi connectivity index (χ1v) is 6.00. The molecule has 0 aromatic heterocycles. The van der Waals surface area contributed by atoms with Gasteiger partial charge in [0.05, 0.1) is 11.2 Å². The van der Waals surface area contributed by atoms with Gasteiger partial charge in [0.15, 0.2) is 6.29 Å². The third-order valence-electron chi connectivity index (χ3n) is 3.08. The van der Waals surface area contributed by atoms with Crippen molar-refractivity contribution in [3.63, 3.8) is 0 Å². The van der Waals surface area contributed by atoms with E-state index < -0.39 is 11.7 Å². The number of aldehydes is 1. The van der Waals surface area contributed by atoms with E-state index in [0.29, 0.717) is 23.2 Å². The molecule has 0 aliphatic rings. The Morgan fingerprint density at radius 2 is 2.00 bits per heavy atom. The third kappa shape index (κ3) is 3.45. The van der Waals surface area contributed by atoms with Crippen molar-refractivity contribution in [2.24, 2.45) is 0 Å². The van der Waals surface area contributed by atoms with Crippen LogP contribution in [0.5, 0.6) is 11.5 Å². The highest BCUT2D eigenvalue weighted by Gasteiger charge is 2.25. The number of aromatic hydroxyl groups is 1. The third-order valence-corrected chi connectivity index (χ3v) is 3.08. The largest absolute Gasteiger partial charge is 0.507 e. The highest BCUT2D eigenvalue weighted by atomic mass is 16.5. The van der Waals surface area contributed by atoms with Crippen LogP contribution in [0, 0.1) is 13.8 Å². The monoisotopic (exact) mass is 268 g/mol. The minimum Gasteiger partial charge on any atom is -0.507 e. The molecule has 0 saturated heterocycles. The summed E-state index contributed by atoms with van der Waals surface area (Å²) in [6.45, 7) is 6.15. The second kappa shape index (κ2) is 5.59. The van der Waals surface area contributed by atoms with Gasteiger partial charge >= 0.3 is 0 Å². The minimum absolute atomic E-state index is 0.107. The second-order valence-electron chi connectivity index (χ2n) is 5.18. The molecule has 0 bridgehead atoms. The number of aliphatic hydroxyl groups is 2. The van der Waals surface area contributed by atoms with Crippen LogP contribution >= 0.6 is 0 Å². The summed E-state index contributed by atoms with van der Waals surface area (Å²) in [5.41, 5.74) is -0.0253. The van der Waals surface area contributed by atoms with Crippen LogP contribution in [-0.2, 0) is 0 Å². The van der Waals surface area contributed by atoms with Crippen molar-refractivity contribution in [2.45, 2.75) is 39.4 Å². The normalized spacial score (nSPS) is 13.2. The van der Waals surface area contributed by atoms with Gasteiger partial charge in [-0.15, -0.1) is 0 Å². The first-order chi connectivity index (χ1) is 8.68. The Morgan fingerprint density at radius 3 is 2.47 bits per heavy atom. The van der Waals surface area contributed by atoms with E-state index in [0.717, 1.165) is 0 Å². The van der Waals surface area contributed by atoms with Crippen LogP contribution in [0.2, 0.25) is 0 Å². The predicted molar refractivity (Wildman–Crippen MR) is 70.8 cm³/mol. The number of rotatable bonds is 5. The molecule has 0 heterocycles. The Bertz CT molecular complexity index is 474. The molecule has 1 atom stereocenters. The summed E-state index contributed by atoms with van der Waals surface area (Å²) in [6, 6.07) is 1.62. The minimum atomic E-state index is -1.27. The maximum atomic E-state index is 10.8. The summed E-state index contributed by atoms with van der Waals surface area (Å²) in [6.07, 6.45) is -0.465. The van der Waals surface area contributed by atoms with Crippen molar-refractivity contribution < 1.29 is 24.9 Å². The molecule has 1 aromatic carbocycles. The van der Waals surface area contributed by atoms with Crippen LogP contribution in [-0.4, -0.2) is 39.9 Å². The molecule has 0 radical (unpaired) electrons. The van der Waals surface area contributed by atoms with Gasteiger partial charge in [-0.05, 0) is 39.3 Å². The lowest BCUT2D eigenvalue weighted by Crippen LogP contribution is -2.40. The van der Waals surface area contributed by atoms with E-state index in [9.17, 15) is 20.1 Å². The average Bonchev–Trinajstić information content (AvgIpc) is 2.31. The fourth-order valence-corrected chi connectivity index (χ4v) is 1.56. The van der Waals surface area contributed by atoms with E-state index in [1.54, 1.807) is 19.9 Å². The number of phenols is 1. The quantitative estimate of drug-likeness (QED) is 0.701. The van der Waals surface area contributed by atoms with Crippen molar-refractivity contribution in [3.8, 4) is 11.5 Å². The van der Waals surface area contributed by atoms with Gasteiger partial charge in [-0.25, -0.2) is 0 Å². The first-order valence-electron chi connectivity index (χ1n) is 6.00. The lowest BCUT2D eigenvalue weighted by molar-refractivity contribution is -0.0662. The average molecular weight is 268 g/mol. The lowest BCUT2D eigenvalue weighted by atomic mass is 10.0. The van der Waals surface area contributed by atoms with Crippen molar-refractivity contribution in [1.29, 1.82) is 0 Å². The fraction of sp³-hybridized carbons (Fsp3) is 0.500. The molecule has 0 fully saturated rings. The molecule has 106 valence electrons. The SMILES string of the molecule is Cc1cc(OCC(O)C(C)(C)O)c(C)c(O)c1C=O. The summed E-state index contributed by atoms with van der Waals surface area (Å²) in [5.74, 6) is 0.256. The van der Waals surface area contributed by atoms with Crippen LogP contribution in [0.15, 0.2) is 6.07 Å². The summed E-state index contributed by atoms with van der Waals surface area (Å²) in [7, 11) is 0. The summed E-state index contributed by atoms with van der Waals surface area (Å²) >= 11 is 0. The molecule has 0 amide bonds. The molecule has 3 N–H and O–H groups in total. The van der Waals surface area contributed by atoms with Crippen molar-refractivity contribution in [2.75, 3.05) is 6.61 Å². The summed E-state index contributed by atoms with van der Waals surface area (Å²) < 4.78 is 5.40. The van der Waals surface area contributed by atoms with Crippen LogP contribution in [0.3, 0.4) is 0 Å². The molecule has 0 aliphatic carbocycles. The number of benzene rings is 1. The Morgan fingerprint density at radius 1 is 1.42 bits per heavy atom. The standard InChI is InChI=1S/C14H20O5/c1-8-5-11(9(2)13(17)10(8)6-15)19-7-12(16)14(3,4)18/h5-6,12,16-18H,7H2,1-4H3. The zero-order chi connectivity index (χ0) is 14.8. The molecule has 0 aliphatic heterocycles. The van der Waals surface area contributed by atoms with E-state index in [1.807, 2.05) is 0 Å². The fourth-order valence-electron chi connectivity index (χ4n) is 1.56. The topological polar surface area (TPSA) is 87.0 Å². The number of hydrogen-bond acceptors (Lipinski definition) is 5. The molecular weight excluding hydrogens is 248 g/mol. The molecule has 5 heteroatoms. The summed E-state index contributed by atoms with van der Waals surface area (Å²) in [5, 5.41) is 29.1. The van der Waals surface area contributed by atoms with Crippen molar-refractivity contribution >= 4 is 6.29 Å². The zero-order valence-corrected chi connectivity index (χ0v) is 11.6. The number of hydrogen-bond donors (Lipinski definition) is 3. The molecular formula is C14H20O5. The Hall–Kier alpha value is -1.59. The van der Waals surface area contributed by atoms with Gasteiger partial charge in [-0.2, -0.15) is 0 Å². The Balaban J connectivity index is 2.95. The number of aryl methyl sites for hydroxylation is 1. The Kier molecular flexibility index (Phi) is 4.55. The number of aliphatic hydroxyl groups excluding tert-OH is 1. The van der Waals surface area contributed by atoms with Gasteiger partial charge in [0.25, 0.3) is 0 Å². The maximum Gasteiger partial charge on any atom is 0.154 e. The first kappa shape index (κ1) is 15.5. The number of carbonyl (C=O) groups is 1. The van der Waals surface area contributed by atoms with Gasteiger partial charge in [-0.1, -0.05) is 0 Å². The van der Waals surface area contributed by atoms with Gasteiger partial charge in [0, 0.05) is 5.56 Å². The molecule has 5 nitrogen and oxygen atoms in total. The number of carbonyl (C=O) groups excluding carboxylic acids is 1. The summed E-state index contributed by atoms with van der Waals surface area (Å²) in [4.78, 5) is 10.8. The highest BCUT2D eigenvalue weighted by Crippen LogP contribution is 2.32. The second-order valence-corrected chi connectivity index (χ2v) is 5.18. The van der Waals surface area contributed by atoms with Gasteiger partial charge in [0.2, 0.25) is 0 Å². The van der Waals surface area contributed by atoms with Crippen molar-refractivity contribution in [3.05, 3.63) is 22.8 Å². The van der Waals surface area contributed by atoms with Crippen LogP contribution in [0.25, 0.3) is 0 Å². The molecule has 19 heavy (non-hydrogen) atoms.